The zero-order valence-electron chi connectivity index (χ0n) is 14.2. The Morgan fingerprint density at radius 1 is 1.31 bits per heavy atom. The summed E-state index contributed by atoms with van der Waals surface area (Å²) < 4.78 is 63.3. The highest BCUT2D eigenvalue weighted by Crippen LogP contribution is 2.27. The fourth-order valence-corrected chi connectivity index (χ4v) is 4.67. The molecule has 146 valence electrons. The van der Waals surface area contributed by atoms with Gasteiger partial charge in [-0.05, 0) is 44.0 Å². The highest BCUT2D eigenvalue weighted by Gasteiger charge is 2.36. The van der Waals surface area contributed by atoms with Crippen LogP contribution in [-0.4, -0.2) is 55.1 Å². The third kappa shape index (κ3) is 4.95. The molecule has 0 spiro atoms. The summed E-state index contributed by atoms with van der Waals surface area (Å²) in [7, 11) is -3.87. The molecule has 0 saturated carbocycles. The van der Waals surface area contributed by atoms with E-state index in [0.717, 1.165) is 6.42 Å². The van der Waals surface area contributed by atoms with Gasteiger partial charge in [0.2, 0.25) is 10.0 Å². The smallest absolute Gasteiger partial charge is 0.392 e. The van der Waals surface area contributed by atoms with Crippen LogP contribution < -0.4 is 5.32 Å². The van der Waals surface area contributed by atoms with Gasteiger partial charge in [-0.2, -0.15) is 17.5 Å². The maximum absolute atomic E-state index is 12.8. The number of hydrogen-bond donors (Lipinski definition) is 2. The van der Waals surface area contributed by atoms with Crippen molar-refractivity contribution in [1.29, 1.82) is 0 Å². The average Bonchev–Trinajstić information content (AvgIpc) is 2.59. The summed E-state index contributed by atoms with van der Waals surface area (Å²) in [6.45, 7) is 0.355. The SMILES string of the molecule is C[C@H](O)[C@@H]1CCCCN1S(=O)(=O)c1ccc(C(=O)NCC(F)(F)F)cc1. The molecule has 0 bridgehead atoms. The lowest BCUT2D eigenvalue weighted by molar-refractivity contribution is -0.123. The highest BCUT2D eigenvalue weighted by molar-refractivity contribution is 7.89. The van der Waals surface area contributed by atoms with Crippen LogP contribution in [0.1, 0.15) is 36.5 Å². The molecule has 1 aliphatic rings. The number of halogens is 3. The van der Waals surface area contributed by atoms with Crippen LogP contribution in [0.3, 0.4) is 0 Å². The van der Waals surface area contributed by atoms with E-state index in [0.29, 0.717) is 12.8 Å². The number of hydrogen-bond acceptors (Lipinski definition) is 4. The zero-order valence-corrected chi connectivity index (χ0v) is 15.0. The van der Waals surface area contributed by atoms with Crippen molar-refractivity contribution in [2.24, 2.45) is 0 Å². The van der Waals surface area contributed by atoms with Gasteiger partial charge in [0.1, 0.15) is 6.54 Å². The number of amides is 1. The van der Waals surface area contributed by atoms with Crippen molar-refractivity contribution in [3.05, 3.63) is 29.8 Å². The standard InChI is InChI=1S/C16H21F3N2O4S/c1-11(22)14-4-2-3-9-21(14)26(24,25)13-7-5-12(6-8-13)15(23)20-10-16(17,18)19/h5-8,11,14,22H,2-4,9-10H2,1H3,(H,20,23)/t11-,14-/m0/s1. The molecule has 0 aromatic heterocycles. The van der Waals surface area contributed by atoms with Crippen LogP contribution >= 0.6 is 0 Å². The minimum Gasteiger partial charge on any atom is -0.392 e. The first-order chi connectivity index (χ1) is 12.0. The molecule has 1 fully saturated rings. The van der Waals surface area contributed by atoms with Crippen molar-refractivity contribution in [2.75, 3.05) is 13.1 Å². The highest BCUT2D eigenvalue weighted by atomic mass is 32.2. The van der Waals surface area contributed by atoms with Crippen LogP contribution in [0.15, 0.2) is 29.2 Å². The Hall–Kier alpha value is -1.65. The second-order valence-corrected chi connectivity index (χ2v) is 8.13. The Balaban J connectivity index is 2.17. The van der Waals surface area contributed by atoms with E-state index in [2.05, 4.69) is 0 Å². The van der Waals surface area contributed by atoms with Crippen molar-refractivity contribution in [2.45, 2.75) is 49.4 Å². The number of alkyl halides is 3. The first-order valence-corrected chi connectivity index (χ1v) is 9.61. The predicted octanol–water partition coefficient (Wildman–Crippen LogP) is 1.90. The van der Waals surface area contributed by atoms with E-state index in [4.69, 9.17) is 0 Å². The molecular formula is C16H21F3N2O4S. The molecule has 0 aliphatic carbocycles. The minimum atomic E-state index is -4.52. The number of aliphatic hydroxyl groups is 1. The lowest BCUT2D eigenvalue weighted by atomic mass is 10.0. The second kappa shape index (κ2) is 7.93. The molecule has 0 unspecified atom stereocenters. The van der Waals surface area contributed by atoms with Gasteiger partial charge in [-0.3, -0.25) is 4.79 Å². The molecule has 2 atom stereocenters. The maximum Gasteiger partial charge on any atom is 0.405 e. The van der Waals surface area contributed by atoms with Gasteiger partial charge in [-0.15, -0.1) is 0 Å². The van der Waals surface area contributed by atoms with Crippen LogP contribution in [0.2, 0.25) is 0 Å². The molecule has 1 amide bonds. The van der Waals surface area contributed by atoms with Gasteiger partial charge in [-0.1, -0.05) is 6.42 Å². The summed E-state index contributed by atoms with van der Waals surface area (Å²) in [5.41, 5.74) is -0.0704. The van der Waals surface area contributed by atoms with E-state index < -0.39 is 40.8 Å². The first kappa shape index (κ1) is 20.7. The summed E-state index contributed by atoms with van der Waals surface area (Å²) in [6.07, 6.45) is -3.30. The number of carbonyl (C=O) groups is 1. The number of nitrogens with one attached hydrogen (secondary N) is 1. The molecule has 1 aromatic rings. The first-order valence-electron chi connectivity index (χ1n) is 8.17. The van der Waals surface area contributed by atoms with Crippen molar-refractivity contribution in [1.82, 2.24) is 9.62 Å². The van der Waals surface area contributed by atoms with Crippen LogP contribution in [0.5, 0.6) is 0 Å². The number of nitrogens with zero attached hydrogens (tertiary/aromatic N) is 1. The summed E-state index contributed by atoms with van der Waals surface area (Å²) in [5, 5.41) is 11.6. The Morgan fingerprint density at radius 2 is 1.92 bits per heavy atom. The van der Waals surface area contributed by atoms with Gasteiger partial charge in [0.05, 0.1) is 17.0 Å². The summed E-state index contributed by atoms with van der Waals surface area (Å²) in [5.74, 6) is -0.939. The third-order valence-electron chi connectivity index (χ3n) is 4.23. The molecule has 2 rings (SSSR count). The number of benzene rings is 1. The normalized spacial score (nSPS) is 20.6. The molecule has 0 radical (unpaired) electrons. The quantitative estimate of drug-likeness (QED) is 0.799. The second-order valence-electron chi connectivity index (χ2n) is 6.24. The molecule has 1 aromatic carbocycles. The molecule has 2 N–H and O–H groups in total. The average molecular weight is 394 g/mol. The number of sulfonamides is 1. The van der Waals surface area contributed by atoms with Gasteiger partial charge in [0.15, 0.2) is 0 Å². The predicted molar refractivity (Wildman–Crippen MR) is 88.0 cm³/mol. The van der Waals surface area contributed by atoms with Gasteiger partial charge >= 0.3 is 6.18 Å². The van der Waals surface area contributed by atoms with E-state index >= 15 is 0 Å². The Morgan fingerprint density at radius 3 is 2.46 bits per heavy atom. The topological polar surface area (TPSA) is 86.7 Å². The fourth-order valence-electron chi connectivity index (χ4n) is 2.91. The van der Waals surface area contributed by atoms with E-state index in [1.54, 1.807) is 5.32 Å². The molecular weight excluding hydrogens is 373 g/mol. The fraction of sp³-hybridized carbons (Fsp3) is 0.562. The van der Waals surface area contributed by atoms with E-state index in [1.807, 2.05) is 0 Å². The summed E-state index contributed by atoms with van der Waals surface area (Å²) in [4.78, 5) is 11.6. The Labute approximate surface area is 150 Å². The molecule has 1 heterocycles. The van der Waals surface area contributed by atoms with Crippen LogP contribution in [0.4, 0.5) is 13.2 Å². The number of piperidine rings is 1. The minimum absolute atomic E-state index is 0.0704. The lowest BCUT2D eigenvalue weighted by Gasteiger charge is -2.36. The molecule has 1 aliphatic heterocycles. The van der Waals surface area contributed by atoms with Crippen molar-refractivity contribution in [3.8, 4) is 0 Å². The van der Waals surface area contributed by atoms with Gasteiger partial charge in [0.25, 0.3) is 5.91 Å². The molecule has 26 heavy (non-hydrogen) atoms. The Kier molecular flexibility index (Phi) is 6.30. The van der Waals surface area contributed by atoms with Crippen molar-refractivity contribution < 1.29 is 31.5 Å². The van der Waals surface area contributed by atoms with Crippen molar-refractivity contribution in [3.63, 3.8) is 0 Å². The van der Waals surface area contributed by atoms with Crippen LogP contribution in [0, 0.1) is 0 Å². The zero-order chi connectivity index (χ0) is 19.5. The van der Waals surface area contributed by atoms with E-state index in [9.17, 15) is 31.5 Å². The molecule has 1 saturated heterocycles. The summed E-state index contributed by atoms with van der Waals surface area (Å²) >= 11 is 0. The number of carbonyl (C=O) groups excluding carboxylic acids is 1. The third-order valence-corrected chi connectivity index (χ3v) is 6.17. The van der Waals surface area contributed by atoms with Crippen molar-refractivity contribution >= 4 is 15.9 Å². The van der Waals surface area contributed by atoms with Gasteiger partial charge in [-0.25, -0.2) is 8.42 Å². The number of aliphatic hydroxyl groups excluding tert-OH is 1. The van der Waals surface area contributed by atoms with Gasteiger partial charge < -0.3 is 10.4 Å². The summed E-state index contributed by atoms with van der Waals surface area (Å²) in [6, 6.07) is 4.18. The van der Waals surface area contributed by atoms with Gasteiger partial charge in [0, 0.05) is 12.1 Å². The van der Waals surface area contributed by atoms with E-state index in [-0.39, 0.29) is 17.0 Å². The monoisotopic (exact) mass is 394 g/mol. The van der Waals surface area contributed by atoms with Crippen LogP contribution in [0.25, 0.3) is 0 Å². The Bertz CT molecular complexity index is 733. The molecule has 6 nitrogen and oxygen atoms in total. The number of rotatable bonds is 5. The largest absolute Gasteiger partial charge is 0.405 e. The van der Waals surface area contributed by atoms with Crippen LogP contribution in [-0.2, 0) is 10.0 Å². The lowest BCUT2D eigenvalue weighted by Crippen LogP contribution is -2.48. The van der Waals surface area contributed by atoms with E-state index in [1.165, 1.54) is 35.5 Å². The maximum atomic E-state index is 12.8. The molecule has 10 heteroatoms.